The topological polar surface area (TPSA) is 56.0 Å². The van der Waals surface area contributed by atoms with E-state index < -0.39 is 11.7 Å². The molecule has 1 aromatic heterocycles. The second-order valence-electron chi connectivity index (χ2n) is 7.78. The number of carbonyl (C=O) groups is 1. The van der Waals surface area contributed by atoms with E-state index in [1.54, 1.807) is 6.92 Å². The van der Waals surface area contributed by atoms with Gasteiger partial charge in [-0.15, -0.1) is 11.8 Å². The van der Waals surface area contributed by atoms with Gasteiger partial charge in [0.2, 0.25) is 0 Å². The first-order valence-electron chi connectivity index (χ1n) is 10.5. The normalized spacial score (nSPS) is 15.0. The zero-order valence-corrected chi connectivity index (χ0v) is 19.2. The van der Waals surface area contributed by atoms with Gasteiger partial charge >= 0.3 is 6.18 Å². The Morgan fingerprint density at radius 1 is 1.09 bits per heavy atom. The quantitative estimate of drug-likeness (QED) is 0.373. The first-order valence-corrected chi connectivity index (χ1v) is 11.4. The number of benzene rings is 1. The van der Waals surface area contributed by atoms with E-state index in [4.69, 9.17) is 5.73 Å². The van der Waals surface area contributed by atoms with Crippen molar-refractivity contribution in [3.8, 4) is 0 Å². The molecule has 32 heavy (non-hydrogen) atoms. The van der Waals surface area contributed by atoms with E-state index in [-0.39, 0.29) is 11.6 Å². The molecule has 1 heterocycles. The summed E-state index contributed by atoms with van der Waals surface area (Å²) in [6, 6.07) is 10.6. The number of pyridine rings is 1. The average Bonchev–Trinajstić information content (AvgIpc) is 2.75. The zero-order valence-electron chi connectivity index (χ0n) is 18.4. The van der Waals surface area contributed by atoms with Crippen LogP contribution in [0.2, 0.25) is 0 Å². The summed E-state index contributed by atoms with van der Waals surface area (Å²) in [6.07, 6.45) is 5.09. The van der Waals surface area contributed by atoms with Gasteiger partial charge in [0, 0.05) is 16.3 Å². The number of alkyl halides is 3. The molecule has 0 radical (unpaired) electrons. The molecule has 0 spiro atoms. The fourth-order valence-electron chi connectivity index (χ4n) is 3.14. The Bertz CT molecular complexity index is 929. The summed E-state index contributed by atoms with van der Waals surface area (Å²) in [6.45, 7) is 7.48. The van der Waals surface area contributed by atoms with Crippen molar-refractivity contribution in [3.05, 3.63) is 72.0 Å². The number of Topliss-reactive ketones (excluding diaryl/α,β-unsaturated/α-hetero) is 1. The molecule has 2 aromatic rings. The van der Waals surface area contributed by atoms with Gasteiger partial charge in [-0.1, -0.05) is 38.0 Å². The Morgan fingerprint density at radius 2 is 1.72 bits per heavy atom. The number of nitrogen functional groups attached to an aromatic ring is 1. The third kappa shape index (κ3) is 8.54. The van der Waals surface area contributed by atoms with Crippen LogP contribution < -0.4 is 5.73 Å². The second-order valence-corrected chi connectivity index (χ2v) is 9.15. The highest BCUT2D eigenvalue weighted by Gasteiger charge is 2.30. The number of nitrogens with zero attached hydrogens (tertiary/aromatic N) is 1. The number of carbonyl (C=O) groups excluding carboxylic acids is 1. The van der Waals surface area contributed by atoms with Crippen molar-refractivity contribution < 1.29 is 18.0 Å². The molecule has 1 fully saturated rings. The van der Waals surface area contributed by atoms with E-state index in [1.807, 2.05) is 24.8 Å². The van der Waals surface area contributed by atoms with Crippen LogP contribution in [0.15, 0.2) is 65.7 Å². The Morgan fingerprint density at radius 3 is 2.22 bits per heavy atom. The van der Waals surface area contributed by atoms with Gasteiger partial charge in [0.05, 0.1) is 5.56 Å². The second kappa shape index (κ2) is 11.9. The summed E-state index contributed by atoms with van der Waals surface area (Å²) in [5.41, 5.74) is 7.04. The summed E-state index contributed by atoms with van der Waals surface area (Å²) in [5, 5.41) is 0.785. The van der Waals surface area contributed by atoms with Gasteiger partial charge in [0.25, 0.3) is 0 Å². The van der Waals surface area contributed by atoms with Crippen LogP contribution in [0, 0.1) is 0 Å². The minimum absolute atomic E-state index is 0.0815. The van der Waals surface area contributed by atoms with Gasteiger partial charge < -0.3 is 5.73 Å². The van der Waals surface area contributed by atoms with Gasteiger partial charge in [-0.05, 0) is 73.7 Å². The number of aromatic nitrogens is 1. The lowest BCUT2D eigenvalue weighted by atomic mass is 10.0. The molecule has 0 atom stereocenters. The van der Waals surface area contributed by atoms with Crippen molar-refractivity contribution in [2.24, 2.45) is 0 Å². The minimum atomic E-state index is -4.33. The Labute approximate surface area is 192 Å². The lowest BCUT2D eigenvalue weighted by molar-refractivity contribution is -0.137. The molecule has 3 nitrogen and oxygen atoms in total. The summed E-state index contributed by atoms with van der Waals surface area (Å²) >= 11 is 2.00. The number of anilines is 1. The monoisotopic (exact) mass is 462 g/mol. The highest BCUT2D eigenvalue weighted by Crippen LogP contribution is 2.34. The van der Waals surface area contributed by atoms with Crippen LogP contribution >= 0.6 is 11.8 Å². The maximum absolute atomic E-state index is 11.8. The Hall–Kier alpha value is -2.54. The molecule has 0 saturated heterocycles. The van der Waals surface area contributed by atoms with Crippen LogP contribution in [-0.2, 0) is 11.0 Å². The fourth-order valence-corrected chi connectivity index (χ4v) is 4.39. The SMILES string of the molecule is C=C(/C=C(\C)C(C)=O)c1ccc(SC2CCCCC2)cc1.Nc1ccc(C(F)(F)F)cn1. The van der Waals surface area contributed by atoms with E-state index in [2.05, 4.69) is 35.8 Å². The number of halogens is 3. The molecule has 3 rings (SSSR count). The van der Waals surface area contributed by atoms with Crippen molar-refractivity contribution in [1.82, 2.24) is 4.98 Å². The molecule has 172 valence electrons. The number of ketones is 1. The van der Waals surface area contributed by atoms with Crippen molar-refractivity contribution in [2.75, 3.05) is 5.73 Å². The first kappa shape index (κ1) is 25.7. The first-order chi connectivity index (χ1) is 15.1. The highest BCUT2D eigenvalue weighted by atomic mass is 32.2. The predicted octanol–water partition coefficient (Wildman–Crippen LogP) is 7.34. The van der Waals surface area contributed by atoms with Gasteiger partial charge in [0.1, 0.15) is 5.82 Å². The third-order valence-corrected chi connectivity index (χ3v) is 6.49. The average molecular weight is 463 g/mol. The molecular formula is C25H29F3N2OS. The summed E-state index contributed by atoms with van der Waals surface area (Å²) in [4.78, 5) is 15.9. The number of nitrogens with two attached hydrogens (primary N) is 1. The summed E-state index contributed by atoms with van der Waals surface area (Å²) in [5.74, 6) is 0.179. The lowest BCUT2D eigenvalue weighted by Gasteiger charge is -2.20. The van der Waals surface area contributed by atoms with Crippen molar-refractivity contribution >= 4 is 28.9 Å². The minimum Gasteiger partial charge on any atom is -0.384 e. The molecule has 0 unspecified atom stereocenters. The molecule has 1 aliphatic carbocycles. The van der Waals surface area contributed by atoms with Crippen molar-refractivity contribution in [1.29, 1.82) is 0 Å². The number of hydrogen-bond acceptors (Lipinski definition) is 4. The van der Waals surface area contributed by atoms with E-state index in [0.29, 0.717) is 6.20 Å². The zero-order chi connectivity index (χ0) is 23.7. The molecule has 2 N–H and O–H groups in total. The number of thioether (sulfide) groups is 1. The maximum atomic E-state index is 11.8. The van der Waals surface area contributed by atoms with Crippen LogP contribution in [0.4, 0.5) is 19.0 Å². The maximum Gasteiger partial charge on any atom is 0.417 e. The fraction of sp³-hybridized carbons (Fsp3) is 0.360. The number of rotatable bonds is 5. The number of allylic oxidation sites excluding steroid dienone is 3. The van der Waals surface area contributed by atoms with E-state index >= 15 is 0 Å². The van der Waals surface area contributed by atoms with E-state index in [1.165, 1.54) is 37.0 Å². The van der Waals surface area contributed by atoms with Gasteiger partial charge in [-0.2, -0.15) is 13.2 Å². The highest BCUT2D eigenvalue weighted by molar-refractivity contribution is 8.00. The Balaban J connectivity index is 0.000000278. The molecule has 1 saturated carbocycles. The van der Waals surface area contributed by atoms with Gasteiger partial charge in [-0.25, -0.2) is 4.98 Å². The predicted molar refractivity (Wildman–Crippen MR) is 126 cm³/mol. The van der Waals surface area contributed by atoms with Crippen LogP contribution in [-0.4, -0.2) is 16.0 Å². The van der Waals surface area contributed by atoms with Crippen LogP contribution in [0.3, 0.4) is 0 Å². The largest absolute Gasteiger partial charge is 0.417 e. The molecular weight excluding hydrogens is 433 g/mol. The number of hydrogen-bond donors (Lipinski definition) is 1. The third-order valence-electron chi connectivity index (χ3n) is 5.14. The van der Waals surface area contributed by atoms with E-state index in [9.17, 15) is 18.0 Å². The molecule has 7 heteroatoms. The molecule has 0 aliphatic heterocycles. The van der Waals surface area contributed by atoms with E-state index in [0.717, 1.165) is 34.1 Å². The van der Waals surface area contributed by atoms with Crippen molar-refractivity contribution in [3.63, 3.8) is 0 Å². The van der Waals surface area contributed by atoms with Crippen LogP contribution in [0.5, 0.6) is 0 Å². The summed E-state index contributed by atoms with van der Waals surface area (Å²) in [7, 11) is 0. The smallest absolute Gasteiger partial charge is 0.384 e. The molecule has 1 aliphatic rings. The van der Waals surface area contributed by atoms with Crippen molar-refractivity contribution in [2.45, 2.75) is 62.3 Å². The molecule has 1 aromatic carbocycles. The van der Waals surface area contributed by atoms with Gasteiger partial charge in [-0.3, -0.25) is 4.79 Å². The van der Waals surface area contributed by atoms with Gasteiger partial charge in [0.15, 0.2) is 5.78 Å². The molecule has 0 amide bonds. The Kier molecular flexibility index (Phi) is 9.57. The molecule has 0 bridgehead atoms. The lowest BCUT2D eigenvalue weighted by Crippen LogP contribution is -2.07. The van der Waals surface area contributed by atoms with Crippen LogP contribution in [0.25, 0.3) is 5.57 Å². The standard InChI is InChI=1S/C19H24OS.C6H5F3N2/c1-14(16(3)20)13-15(2)17-9-11-19(12-10-17)21-18-7-5-4-6-8-18;7-6(8,9)4-1-2-5(10)11-3-4/h9-13,18H,2,4-8H2,1,3H3;1-3H,(H2,10,11)/b14-13+;. The summed E-state index contributed by atoms with van der Waals surface area (Å²) < 4.78 is 35.5. The van der Waals surface area contributed by atoms with Crippen LogP contribution in [0.1, 0.15) is 57.1 Å².